The maximum absolute atomic E-state index is 12.9. The number of carbonyl (C=O) groups excluding carboxylic acids is 1. The van der Waals surface area contributed by atoms with Gasteiger partial charge in [-0.1, -0.05) is 42.5 Å². The van der Waals surface area contributed by atoms with Gasteiger partial charge in [0.2, 0.25) is 5.91 Å². The lowest BCUT2D eigenvalue weighted by Crippen LogP contribution is -2.47. The predicted molar refractivity (Wildman–Crippen MR) is 118 cm³/mol. The molecule has 0 aromatic heterocycles. The van der Waals surface area contributed by atoms with Crippen molar-refractivity contribution in [3.05, 3.63) is 60.2 Å². The molecule has 1 fully saturated rings. The Morgan fingerprint density at radius 2 is 1.66 bits per heavy atom. The average molecular weight is 396 g/mol. The van der Waals surface area contributed by atoms with Gasteiger partial charge < -0.3 is 14.5 Å². The average Bonchev–Trinajstić information content (AvgIpc) is 2.76. The minimum Gasteiger partial charge on any atom is -0.495 e. The fraction of sp³-hybridized carbons (Fsp3) is 0.458. The third kappa shape index (κ3) is 5.73. The van der Waals surface area contributed by atoms with Gasteiger partial charge in [0.15, 0.2) is 0 Å². The van der Waals surface area contributed by atoms with Crippen LogP contribution >= 0.6 is 0 Å². The van der Waals surface area contributed by atoms with Gasteiger partial charge in [0, 0.05) is 51.7 Å². The fourth-order valence-corrected chi connectivity index (χ4v) is 3.84. The van der Waals surface area contributed by atoms with Crippen molar-refractivity contribution in [3.63, 3.8) is 0 Å². The standard InChI is InChI=1S/C24H33N3O2/c1-20(2)27(19-21-9-5-4-6-10-21)24(28)13-14-25-15-17-26(18-16-25)22-11-7-8-12-23(22)29-3/h4-12,20H,13-19H2,1-3H3. The van der Waals surface area contributed by atoms with Gasteiger partial charge in [-0.15, -0.1) is 0 Å². The van der Waals surface area contributed by atoms with Gasteiger partial charge in [0.05, 0.1) is 12.8 Å². The van der Waals surface area contributed by atoms with Crippen LogP contribution in [0.15, 0.2) is 54.6 Å². The summed E-state index contributed by atoms with van der Waals surface area (Å²) in [7, 11) is 1.72. The number of methoxy groups -OCH3 is 1. The molecule has 0 saturated carbocycles. The quantitative estimate of drug-likeness (QED) is 0.684. The maximum Gasteiger partial charge on any atom is 0.224 e. The molecule has 0 atom stereocenters. The highest BCUT2D eigenvalue weighted by atomic mass is 16.5. The first-order valence-corrected chi connectivity index (χ1v) is 10.5. The molecule has 1 aliphatic heterocycles. The topological polar surface area (TPSA) is 36.0 Å². The van der Waals surface area contributed by atoms with E-state index in [4.69, 9.17) is 4.74 Å². The first-order valence-electron chi connectivity index (χ1n) is 10.5. The molecule has 0 aliphatic carbocycles. The SMILES string of the molecule is COc1ccccc1N1CCN(CCC(=O)N(Cc2ccccc2)C(C)C)CC1. The van der Waals surface area contributed by atoms with Crippen LogP contribution in [0, 0.1) is 0 Å². The molecule has 29 heavy (non-hydrogen) atoms. The Morgan fingerprint density at radius 3 is 2.31 bits per heavy atom. The van der Waals surface area contributed by atoms with Crippen LogP contribution in [0.25, 0.3) is 0 Å². The minimum absolute atomic E-state index is 0.199. The lowest BCUT2D eigenvalue weighted by atomic mass is 10.1. The number of nitrogens with zero attached hydrogens (tertiary/aromatic N) is 3. The molecule has 5 nitrogen and oxygen atoms in total. The first kappa shape index (κ1) is 21.2. The van der Waals surface area contributed by atoms with Gasteiger partial charge in [0.1, 0.15) is 5.75 Å². The largest absolute Gasteiger partial charge is 0.495 e. The number of hydrogen-bond donors (Lipinski definition) is 0. The number of amides is 1. The number of rotatable bonds is 8. The van der Waals surface area contributed by atoms with E-state index in [0.717, 1.165) is 44.2 Å². The Kier molecular flexibility index (Phi) is 7.53. The monoisotopic (exact) mass is 395 g/mol. The van der Waals surface area contributed by atoms with Gasteiger partial charge in [-0.25, -0.2) is 0 Å². The van der Waals surface area contributed by atoms with Crippen molar-refractivity contribution in [3.8, 4) is 5.75 Å². The Bertz CT molecular complexity index is 771. The van der Waals surface area contributed by atoms with Gasteiger partial charge in [-0.05, 0) is 31.5 Å². The zero-order valence-corrected chi connectivity index (χ0v) is 17.9. The molecule has 3 rings (SSSR count). The zero-order valence-electron chi connectivity index (χ0n) is 17.9. The molecule has 156 valence electrons. The van der Waals surface area contributed by atoms with Crippen molar-refractivity contribution in [2.45, 2.75) is 32.9 Å². The molecule has 0 spiro atoms. The van der Waals surface area contributed by atoms with Crippen molar-refractivity contribution >= 4 is 11.6 Å². The molecule has 0 radical (unpaired) electrons. The molecule has 2 aromatic carbocycles. The van der Waals surface area contributed by atoms with Crippen molar-refractivity contribution in [2.75, 3.05) is 44.7 Å². The van der Waals surface area contributed by atoms with Crippen LogP contribution in [0.1, 0.15) is 25.8 Å². The second-order valence-corrected chi connectivity index (χ2v) is 7.85. The highest BCUT2D eigenvalue weighted by molar-refractivity contribution is 5.76. The van der Waals surface area contributed by atoms with E-state index in [1.54, 1.807) is 7.11 Å². The molecular weight excluding hydrogens is 362 g/mol. The van der Waals surface area contributed by atoms with Gasteiger partial charge >= 0.3 is 0 Å². The Morgan fingerprint density at radius 1 is 1.00 bits per heavy atom. The molecule has 1 amide bonds. The summed E-state index contributed by atoms with van der Waals surface area (Å²) in [6, 6.07) is 18.6. The summed E-state index contributed by atoms with van der Waals surface area (Å²) < 4.78 is 5.50. The van der Waals surface area contributed by atoms with Crippen molar-refractivity contribution in [1.82, 2.24) is 9.80 Å². The lowest BCUT2D eigenvalue weighted by molar-refractivity contribution is -0.133. The Balaban J connectivity index is 1.49. The zero-order chi connectivity index (χ0) is 20.6. The van der Waals surface area contributed by atoms with Crippen LogP contribution < -0.4 is 9.64 Å². The van der Waals surface area contributed by atoms with E-state index in [2.05, 4.69) is 47.9 Å². The predicted octanol–water partition coefficient (Wildman–Crippen LogP) is 3.64. The second kappa shape index (κ2) is 10.3. The molecule has 0 unspecified atom stereocenters. The molecule has 2 aromatic rings. The normalized spacial score (nSPS) is 14.8. The van der Waals surface area contributed by atoms with E-state index >= 15 is 0 Å². The Hall–Kier alpha value is -2.53. The third-order valence-electron chi connectivity index (χ3n) is 5.58. The van der Waals surface area contributed by atoms with Crippen LogP contribution in [0.3, 0.4) is 0 Å². The van der Waals surface area contributed by atoms with Crippen LogP contribution in [0.2, 0.25) is 0 Å². The van der Waals surface area contributed by atoms with E-state index in [-0.39, 0.29) is 11.9 Å². The van der Waals surface area contributed by atoms with Crippen molar-refractivity contribution in [1.29, 1.82) is 0 Å². The molecule has 0 bridgehead atoms. The number of carbonyl (C=O) groups is 1. The number of anilines is 1. The van der Waals surface area contributed by atoms with E-state index in [1.807, 2.05) is 35.2 Å². The van der Waals surface area contributed by atoms with Crippen LogP contribution in [-0.4, -0.2) is 61.6 Å². The smallest absolute Gasteiger partial charge is 0.224 e. The molecule has 5 heteroatoms. The Labute approximate surface area is 174 Å². The van der Waals surface area contributed by atoms with E-state index in [0.29, 0.717) is 13.0 Å². The second-order valence-electron chi connectivity index (χ2n) is 7.85. The first-order chi connectivity index (χ1) is 14.1. The molecule has 0 N–H and O–H groups in total. The van der Waals surface area contributed by atoms with E-state index < -0.39 is 0 Å². The molecule has 1 saturated heterocycles. The summed E-state index contributed by atoms with van der Waals surface area (Å²) in [6.07, 6.45) is 0.569. The number of hydrogen-bond acceptors (Lipinski definition) is 4. The summed E-state index contributed by atoms with van der Waals surface area (Å²) in [4.78, 5) is 19.6. The summed E-state index contributed by atoms with van der Waals surface area (Å²) >= 11 is 0. The van der Waals surface area contributed by atoms with Crippen LogP contribution in [0.5, 0.6) is 5.75 Å². The highest BCUT2D eigenvalue weighted by Gasteiger charge is 2.22. The van der Waals surface area contributed by atoms with E-state index in [1.165, 1.54) is 5.56 Å². The number of benzene rings is 2. The number of piperazine rings is 1. The summed E-state index contributed by atoms with van der Waals surface area (Å²) in [6.45, 7) is 9.51. The van der Waals surface area contributed by atoms with Crippen LogP contribution in [0.4, 0.5) is 5.69 Å². The lowest BCUT2D eigenvalue weighted by Gasteiger charge is -2.37. The third-order valence-corrected chi connectivity index (χ3v) is 5.58. The number of para-hydroxylation sites is 2. The van der Waals surface area contributed by atoms with Gasteiger partial charge in [-0.3, -0.25) is 9.69 Å². The molecule has 1 heterocycles. The summed E-state index contributed by atoms with van der Waals surface area (Å²) in [5.41, 5.74) is 2.33. The summed E-state index contributed by atoms with van der Waals surface area (Å²) in [5, 5.41) is 0. The van der Waals surface area contributed by atoms with Crippen molar-refractivity contribution < 1.29 is 9.53 Å². The van der Waals surface area contributed by atoms with Gasteiger partial charge in [-0.2, -0.15) is 0 Å². The number of ether oxygens (including phenoxy) is 1. The maximum atomic E-state index is 12.9. The fourth-order valence-electron chi connectivity index (χ4n) is 3.84. The van der Waals surface area contributed by atoms with E-state index in [9.17, 15) is 4.79 Å². The highest BCUT2D eigenvalue weighted by Crippen LogP contribution is 2.28. The molecule has 1 aliphatic rings. The minimum atomic E-state index is 0.199. The van der Waals surface area contributed by atoms with Crippen LogP contribution in [-0.2, 0) is 11.3 Å². The van der Waals surface area contributed by atoms with Crippen molar-refractivity contribution in [2.24, 2.45) is 0 Å². The molecular formula is C24H33N3O2. The van der Waals surface area contributed by atoms with Gasteiger partial charge in [0.25, 0.3) is 0 Å². The summed E-state index contributed by atoms with van der Waals surface area (Å²) in [5.74, 6) is 1.15.